The predicted octanol–water partition coefficient (Wildman–Crippen LogP) is 0.000900. The van der Waals surface area contributed by atoms with Gasteiger partial charge in [0, 0.05) is 0 Å². The van der Waals surface area contributed by atoms with Gasteiger partial charge in [-0.05, 0) is 0 Å². The summed E-state index contributed by atoms with van der Waals surface area (Å²) in [6, 6.07) is 0. The third-order valence-electron chi connectivity index (χ3n) is 0.123. The van der Waals surface area contributed by atoms with Crippen molar-refractivity contribution < 1.29 is 24.0 Å². The standard InChI is InChI=1S/C2H3.H2O.O.Os/c1-2;;;/h1H,2H2;1H2;;/q;;;+1/p-1. The van der Waals surface area contributed by atoms with Crippen molar-refractivity contribution in [2.75, 3.05) is 0 Å². The fraction of sp³-hybridized carbons (Fsp3) is 0. The monoisotopic (exact) mass is 252 g/mol. The Morgan fingerprint density at radius 2 is 2.20 bits per heavy atom. The Labute approximate surface area is 35.8 Å². The second kappa shape index (κ2) is 2.38. The molecule has 0 aromatic carbocycles. The van der Waals surface area contributed by atoms with Crippen molar-refractivity contribution in [2.45, 2.75) is 0 Å². The van der Waals surface area contributed by atoms with Gasteiger partial charge in [0.2, 0.25) is 0 Å². The van der Waals surface area contributed by atoms with Crippen LogP contribution in [0.25, 0.3) is 0 Å². The topological polar surface area (TPSA) is 37.3 Å². The zero-order valence-electron chi connectivity index (χ0n) is 2.49. The van der Waals surface area contributed by atoms with E-state index in [2.05, 4.69) is 6.58 Å². The molecule has 0 aliphatic carbocycles. The molecule has 0 radical (unpaired) electrons. The molecule has 32 valence electrons. The molecule has 0 rings (SSSR count). The van der Waals surface area contributed by atoms with Crippen LogP contribution in [0.2, 0.25) is 0 Å². The molecule has 0 fully saturated rings. The molecule has 0 atom stereocenters. The van der Waals surface area contributed by atoms with Crippen LogP contribution in [0.3, 0.4) is 0 Å². The third kappa shape index (κ3) is 4.14. The van der Waals surface area contributed by atoms with Gasteiger partial charge in [0.1, 0.15) is 0 Å². The van der Waals surface area contributed by atoms with Crippen LogP contribution >= 0.6 is 0 Å². The molecular formula is C2H4O2Os. The Morgan fingerprint density at radius 1 is 2.00 bits per heavy atom. The summed E-state index contributed by atoms with van der Waals surface area (Å²) in [5, 5.41) is 0. The van der Waals surface area contributed by atoms with E-state index in [1.165, 1.54) is 0 Å². The summed E-state index contributed by atoms with van der Waals surface area (Å²) in [7, 11) is 0. The Kier molecular flexibility index (Phi) is 2.44. The molecule has 0 heterocycles. The van der Waals surface area contributed by atoms with E-state index in [0.29, 0.717) is 0 Å². The van der Waals surface area contributed by atoms with Gasteiger partial charge in [0.05, 0.1) is 0 Å². The van der Waals surface area contributed by atoms with Crippen molar-refractivity contribution in [3.63, 3.8) is 0 Å². The molecular weight excluding hydrogens is 246 g/mol. The van der Waals surface area contributed by atoms with Gasteiger partial charge in [-0.15, -0.1) is 0 Å². The molecule has 0 amide bonds. The molecule has 0 saturated carbocycles. The Balaban J connectivity index is 3.20. The van der Waals surface area contributed by atoms with Gasteiger partial charge in [-0.2, -0.15) is 0 Å². The van der Waals surface area contributed by atoms with E-state index in [0.717, 1.165) is 4.63 Å². The van der Waals surface area contributed by atoms with Crippen molar-refractivity contribution in [3.8, 4) is 0 Å². The fourth-order valence-corrected chi connectivity index (χ4v) is 0. The molecule has 0 unspecified atom stereocenters. The molecule has 0 aromatic rings. The van der Waals surface area contributed by atoms with E-state index in [9.17, 15) is 3.54 Å². The Hall–Kier alpha value is 0.136. The van der Waals surface area contributed by atoms with Crippen LogP contribution in [-0.4, -0.2) is 3.90 Å². The molecule has 0 bridgehead atoms. The molecule has 0 saturated heterocycles. The van der Waals surface area contributed by atoms with Crippen LogP contribution in [-0.2, 0) is 20.1 Å². The van der Waals surface area contributed by atoms with Gasteiger partial charge in [-0.1, -0.05) is 0 Å². The van der Waals surface area contributed by atoms with Gasteiger partial charge >= 0.3 is 35.2 Å². The molecule has 3 heteroatoms. The Bertz CT molecular complexity index is 58.7. The van der Waals surface area contributed by atoms with E-state index >= 15 is 0 Å². The van der Waals surface area contributed by atoms with Gasteiger partial charge in [-0.3, -0.25) is 0 Å². The zero-order valence-corrected chi connectivity index (χ0v) is 5.03. The summed E-state index contributed by atoms with van der Waals surface area (Å²) >= 11 is -2.91. The van der Waals surface area contributed by atoms with Gasteiger partial charge in [0.15, 0.2) is 0 Å². The molecule has 0 aliphatic heterocycles. The first-order valence-corrected chi connectivity index (χ1v) is 4.55. The normalized spacial score (nSPS) is 10.2. The number of rotatable bonds is 1. The van der Waals surface area contributed by atoms with Crippen LogP contribution in [0.15, 0.2) is 11.2 Å². The van der Waals surface area contributed by atoms with Crippen molar-refractivity contribution in [1.82, 2.24) is 0 Å². The summed E-state index contributed by atoms with van der Waals surface area (Å²) in [4.78, 5) is 0. The molecule has 5 heavy (non-hydrogen) atoms. The molecule has 2 nitrogen and oxygen atoms in total. The first-order valence-electron chi connectivity index (χ1n) is 0.915. The van der Waals surface area contributed by atoms with Crippen molar-refractivity contribution in [2.24, 2.45) is 0 Å². The van der Waals surface area contributed by atoms with Gasteiger partial charge < -0.3 is 0 Å². The molecule has 0 aliphatic rings. The van der Waals surface area contributed by atoms with Crippen molar-refractivity contribution >= 4 is 0 Å². The van der Waals surface area contributed by atoms with Crippen LogP contribution in [0.1, 0.15) is 0 Å². The maximum atomic E-state index is 9.51. The fourth-order valence-electron chi connectivity index (χ4n) is 0. The van der Waals surface area contributed by atoms with Crippen molar-refractivity contribution in [3.05, 3.63) is 11.2 Å². The molecule has 1 N–H and O–H groups in total. The summed E-state index contributed by atoms with van der Waals surface area (Å²) < 4.78 is 18.5. The average molecular weight is 250 g/mol. The zero-order chi connectivity index (χ0) is 4.28. The summed E-state index contributed by atoms with van der Waals surface area (Å²) in [6.45, 7) is 3.08. The Morgan fingerprint density at radius 3 is 2.20 bits per heavy atom. The molecule has 0 aromatic heterocycles. The number of hydrogen-bond donors (Lipinski definition) is 1. The van der Waals surface area contributed by atoms with Gasteiger partial charge in [-0.25, -0.2) is 0 Å². The van der Waals surface area contributed by atoms with Gasteiger partial charge in [0.25, 0.3) is 0 Å². The first kappa shape index (κ1) is 5.14. The second-order valence-corrected chi connectivity index (χ2v) is 3.14. The average Bonchev–Trinajstić information content (AvgIpc) is 1.38. The van der Waals surface area contributed by atoms with Crippen LogP contribution < -0.4 is 0 Å². The van der Waals surface area contributed by atoms with E-state index in [-0.39, 0.29) is 0 Å². The quantitative estimate of drug-likeness (QED) is 0.711. The summed E-state index contributed by atoms with van der Waals surface area (Å²) in [5.74, 6) is 0. The SMILES string of the molecule is C=[CH][Os](=[O])[OH]. The summed E-state index contributed by atoms with van der Waals surface area (Å²) in [6.07, 6.45) is 0. The van der Waals surface area contributed by atoms with E-state index in [1.807, 2.05) is 0 Å². The van der Waals surface area contributed by atoms with E-state index in [4.69, 9.17) is 3.90 Å². The second-order valence-electron chi connectivity index (χ2n) is 0.384. The third-order valence-corrected chi connectivity index (χ3v) is 1.01. The minimum absolute atomic E-state index is 1.09. The number of hydrogen-bond acceptors (Lipinski definition) is 1. The first-order chi connectivity index (χ1) is 2.27. The predicted molar refractivity (Wildman–Crippen MR) is 13.1 cm³/mol. The van der Waals surface area contributed by atoms with E-state index < -0.39 is 16.5 Å². The molecule has 0 spiro atoms. The van der Waals surface area contributed by atoms with E-state index in [1.54, 1.807) is 0 Å². The maximum absolute atomic E-state index is 9.51. The van der Waals surface area contributed by atoms with Crippen LogP contribution in [0.5, 0.6) is 0 Å². The summed E-state index contributed by atoms with van der Waals surface area (Å²) in [5.41, 5.74) is 0. The minimum atomic E-state index is -2.91. The van der Waals surface area contributed by atoms with Crippen LogP contribution in [0.4, 0.5) is 0 Å². The van der Waals surface area contributed by atoms with Crippen LogP contribution in [0, 0.1) is 0 Å². The van der Waals surface area contributed by atoms with Crippen molar-refractivity contribution in [1.29, 1.82) is 0 Å².